The third-order valence-electron chi connectivity index (χ3n) is 3.56. The molecule has 2 aromatic rings. The summed E-state index contributed by atoms with van der Waals surface area (Å²) >= 11 is 0. The SMILES string of the molecule is Cc1ccc(C(=O)NNC(=O)c2cccc(S(=O)(=O)N(C)C)c2)c(O)c1. The summed E-state index contributed by atoms with van der Waals surface area (Å²) in [7, 11) is -0.913. The number of hydrogen-bond donors (Lipinski definition) is 3. The molecule has 2 aromatic carbocycles. The summed E-state index contributed by atoms with van der Waals surface area (Å²) in [6.07, 6.45) is 0. The molecule has 0 fully saturated rings. The lowest BCUT2D eigenvalue weighted by Crippen LogP contribution is -2.41. The lowest BCUT2D eigenvalue weighted by molar-refractivity contribution is 0.0845. The van der Waals surface area contributed by atoms with E-state index in [1.165, 1.54) is 50.5 Å². The fourth-order valence-electron chi connectivity index (χ4n) is 2.10. The highest BCUT2D eigenvalue weighted by atomic mass is 32.2. The Kier molecular flexibility index (Phi) is 5.63. The van der Waals surface area contributed by atoms with Crippen molar-refractivity contribution in [2.24, 2.45) is 0 Å². The van der Waals surface area contributed by atoms with Gasteiger partial charge in [-0.1, -0.05) is 12.1 Å². The summed E-state index contributed by atoms with van der Waals surface area (Å²) in [5.41, 5.74) is 5.21. The van der Waals surface area contributed by atoms with Crippen LogP contribution in [0.4, 0.5) is 0 Å². The van der Waals surface area contributed by atoms with Crippen molar-refractivity contribution in [2.45, 2.75) is 11.8 Å². The molecule has 0 saturated carbocycles. The molecule has 0 aliphatic rings. The Morgan fingerprint density at radius 2 is 1.65 bits per heavy atom. The van der Waals surface area contributed by atoms with E-state index in [2.05, 4.69) is 10.9 Å². The van der Waals surface area contributed by atoms with Gasteiger partial charge < -0.3 is 5.11 Å². The minimum atomic E-state index is -3.68. The highest BCUT2D eigenvalue weighted by Gasteiger charge is 2.19. The predicted molar refractivity (Wildman–Crippen MR) is 95.1 cm³/mol. The summed E-state index contributed by atoms with van der Waals surface area (Å²) < 4.78 is 25.3. The van der Waals surface area contributed by atoms with Gasteiger partial charge in [-0.25, -0.2) is 12.7 Å². The van der Waals surface area contributed by atoms with Gasteiger partial charge >= 0.3 is 0 Å². The first kappa shape index (κ1) is 19.4. The van der Waals surface area contributed by atoms with Crippen LogP contribution in [0.2, 0.25) is 0 Å². The highest BCUT2D eigenvalue weighted by Crippen LogP contribution is 2.18. The van der Waals surface area contributed by atoms with Crippen LogP contribution < -0.4 is 10.9 Å². The molecule has 2 amide bonds. The topological polar surface area (TPSA) is 116 Å². The Hall–Kier alpha value is -2.91. The van der Waals surface area contributed by atoms with Crippen molar-refractivity contribution in [3.8, 4) is 5.75 Å². The van der Waals surface area contributed by atoms with Gasteiger partial charge in [0, 0.05) is 19.7 Å². The molecule has 8 nitrogen and oxygen atoms in total. The van der Waals surface area contributed by atoms with Gasteiger partial charge in [0.25, 0.3) is 11.8 Å². The normalized spacial score (nSPS) is 11.2. The molecule has 0 saturated heterocycles. The number of nitrogens with one attached hydrogen (secondary N) is 2. The number of carbonyl (C=O) groups is 2. The smallest absolute Gasteiger partial charge is 0.273 e. The molecule has 138 valence electrons. The summed E-state index contributed by atoms with van der Waals surface area (Å²) in [5, 5.41) is 9.78. The van der Waals surface area contributed by atoms with E-state index in [4.69, 9.17) is 0 Å². The van der Waals surface area contributed by atoms with Crippen molar-refractivity contribution in [3.63, 3.8) is 0 Å². The molecule has 2 rings (SSSR count). The van der Waals surface area contributed by atoms with Crippen molar-refractivity contribution in [1.29, 1.82) is 0 Å². The fourth-order valence-corrected chi connectivity index (χ4v) is 3.04. The quantitative estimate of drug-likeness (QED) is 0.688. The average molecular weight is 377 g/mol. The van der Waals surface area contributed by atoms with Crippen molar-refractivity contribution in [1.82, 2.24) is 15.2 Å². The van der Waals surface area contributed by atoms with E-state index in [1.54, 1.807) is 13.0 Å². The van der Waals surface area contributed by atoms with Gasteiger partial charge in [0.2, 0.25) is 10.0 Å². The average Bonchev–Trinajstić information content (AvgIpc) is 2.59. The van der Waals surface area contributed by atoms with Crippen molar-refractivity contribution < 1.29 is 23.1 Å². The minimum Gasteiger partial charge on any atom is -0.507 e. The van der Waals surface area contributed by atoms with E-state index < -0.39 is 21.8 Å². The van der Waals surface area contributed by atoms with Crippen LogP contribution in [0, 0.1) is 6.92 Å². The van der Waals surface area contributed by atoms with Crippen molar-refractivity contribution in [2.75, 3.05) is 14.1 Å². The number of hydrazine groups is 1. The van der Waals surface area contributed by atoms with E-state index in [9.17, 15) is 23.1 Å². The Morgan fingerprint density at radius 1 is 1.00 bits per heavy atom. The van der Waals surface area contributed by atoms with E-state index in [-0.39, 0.29) is 21.8 Å². The van der Waals surface area contributed by atoms with Crippen LogP contribution in [0.3, 0.4) is 0 Å². The van der Waals surface area contributed by atoms with Crippen LogP contribution in [-0.4, -0.2) is 43.7 Å². The van der Waals surface area contributed by atoms with E-state index in [0.29, 0.717) is 0 Å². The van der Waals surface area contributed by atoms with Crippen LogP contribution in [0.25, 0.3) is 0 Å². The fraction of sp³-hybridized carbons (Fsp3) is 0.176. The molecule has 0 bridgehead atoms. The van der Waals surface area contributed by atoms with Crippen LogP contribution in [0.15, 0.2) is 47.4 Å². The molecular weight excluding hydrogens is 358 g/mol. The molecule has 26 heavy (non-hydrogen) atoms. The maximum atomic E-state index is 12.2. The van der Waals surface area contributed by atoms with Crippen molar-refractivity contribution in [3.05, 3.63) is 59.2 Å². The number of hydrogen-bond acceptors (Lipinski definition) is 5. The maximum absolute atomic E-state index is 12.2. The first-order valence-corrected chi connectivity index (χ1v) is 9.00. The van der Waals surface area contributed by atoms with Gasteiger partial charge in [-0.3, -0.25) is 20.4 Å². The lowest BCUT2D eigenvalue weighted by Gasteiger charge is -2.12. The summed E-state index contributed by atoms with van der Waals surface area (Å²) in [6.45, 7) is 1.76. The standard InChI is InChI=1S/C17H19N3O5S/c1-11-7-8-14(15(21)9-11)17(23)19-18-16(22)12-5-4-6-13(10-12)26(24,25)20(2)3/h4-10,21H,1-3H3,(H,18,22)(H,19,23). The predicted octanol–water partition coefficient (Wildman–Crippen LogP) is 1.03. The molecular formula is C17H19N3O5S. The number of benzene rings is 2. The maximum Gasteiger partial charge on any atom is 0.273 e. The number of nitrogens with zero attached hydrogens (tertiary/aromatic N) is 1. The first-order chi connectivity index (χ1) is 12.1. The Bertz CT molecular complexity index is 955. The summed E-state index contributed by atoms with van der Waals surface area (Å²) in [5.74, 6) is -1.61. The van der Waals surface area contributed by atoms with Crippen LogP contribution >= 0.6 is 0 Å². The van der Waals surface area contributed by atoms with E-state index in [1.807, 2.05) is 0 Å². The molecule has 0 aliphatic carbocycles. The summed E-state index contributed by atoms with van der Waals surface area (Å²) in [6, 6.07) is 9.92. The van der Waals surface area contributed by atoms with Gasteiger partial charge in [0.15, 0.2) is 0 Å². The third kappa shape index (κ3) is 4.19. The van der Waals surface area contributed by atoms with Gasteiger partial charge in [0.05, 0.1) is 10.5 Å². The molecule has 0 unspecified atom stereocenters. The van der Waals surface area contributed by atoms with Gasteiger partial charge in [-0.15, -0.1) is 0 Å². The molecule has 9 heteroatoms. The molecule has 0 heterocycles. The second-order valence-corrected chi connectivity index (χ2v) is 7.90. The highest BCUT2D eigenvalue weighted by molar-refractivity contribution is 7.89. The second kappa shape index (κ2) is 7.54. The number of phenols is 1. The molecule has 0 aliphatic heterocycles. The second-order valence-electron chi connectivity index (χ2n) is 5.74. The largest absolute Gasteiger partial charge is 0.507 e. The van der Waals surface area contributed by atoms with Gasteiger partial charge in [0.1, 0.15) is 5.75 Å². The Labute approximate surface area is 151 Å². The zero-order valence-electron chi connectivity index (χ0n) is 14.5. The monoisotopic (exact) mass is 377 g/mol. The number of amides is 2. The number of aryl methyl sites for hydroxylation is 1. The minimum absolute atomic E-state index is 0.000152. The number of carbonyl (C=O) groups excluding carboxylic acids is 2. The molecule has 3 N–H and O–H groups in total. The zero-order chi connectivity index (χ0) is 19.5. The van der Waals surface area contributed by atoms with Gasteiger partial charge in [-0.05, 0) is 42.8 Å². The number of aromatic hydroxyl groups is 1. The first-order valence-electron chi connectivity index (χ1n) is 7.56. The Balaban J connectivity index is 2.12. The molecule has 0 spiro atoms. The van der Waals surface area contributed by atoms with Crippen LogP contribution in [-0.2, 0) is 10.0 Å². The van der Waals surface area contributed by atoms with Gasteiger partial charge in [-0.2, -0.15) is 0 Å². The van der Waals surface area contributed by atoms with Crippen LogP contribution in [0.5, 0.6) is 5.75 Å². The van der Waals surface area contributed by atoms with E-state index in [0.717, 1.165) is 9.87 Å². The molecule has 0 atom stereocenters. The third-order valence-corrected chi connectivity index (χ3v) is 5.37. The Morgan fingerprint density at radius 3 is 2.27 bits per heavy atom. The number of rotatable bonds is 4. The zero-order valence-corrected chi connectivity index (χ0v) is 15.3. The number of sulfonamides is 1. The molecule has 0 radical (unpaired) electrons. The van der Waals surface area contributed by atoms with Crippen molar-refractivity contribution >= 4 is 21.8 Å². The summed E-state index contributed by atoms with van der Waals surface area (Å²) in [4.78, 5) is 24.2. The van der Waals surface area contributed by atoms with Crippen LogP contribution in [0.1, 0.15) is 26.3 Å². The molecule has 0 aromatic heterocycles. The number of phenolic OH excluding ortho intramolecular Hbond substituents is 1. The van der Waals surface area contributed by atoms with E-state index >= 15 is 0 Å². The lowest BCUT2D eigenvalue weighted by atomic mass is 10.1.